The van der Waals surface area contributed by atoms with Crippen molar-refractivity contribution in [2.45, 2.75) is 13.5 Å². The van der Waals surface area contributed by atoms with Crippen LogP contribution in [-0.4, -0.2) is 17.6 Å². The van der Waals surface area contributed by atoms with Crippen LogP contribution in [0, 0.1) is 6.92 Å². The number of rotatable bonds is 4. The Morgan fingerprint density at radius 1 is 1.33 bits per heavy atom. The van der Waals surface area contributed by atoms with Crippen LogP contribution in [0.15, 0.2) is 41.3 Å². The number of ether oxygens (including phenoxy) is 1. The second-order valence-corrected chi connectivity index (χ2v) is 4.88. The van der Waals surface area contributed by atoms with Crippen molar-refractivity contribution >= 4 is 23.2 Å². The van der Waals surface area contributed by atoms with Crippen LogP contribution in [0.5, 0.6) is 5.75 Å². The first kappa shape index (κ1) is 15.1. The minimum Gasteiger partial charge on any atom is -0.491 e. The van der Waals surface area contributed by atoms with Crippen molar-refractivity contribution in [2.75, 3.05) is 12.4 Å². The van der Waals surface area contributed by atoms with Crippen LogP contribution in [0.4, 0.5) is 5.69 Å². The second kappa shape index (κ2) is 6.45. The molecular weight excluding hydrogens is 292 g/mol. The molecule has 0 spiro atoms. The molecule has 1 heterocycles. The number of nitrogens with zero attached hydrogens (tertiary/aromatic N) is 1. The summed E-state index contributed by atoms with van der Waals surface area (Å²) in [6, 6.07) is 8.46. The van der Waals surface area contributed by atoms with Crippen molar-refractivity contribution in [1.82, 2.24) is 4.57 Å². The number of anilines is 1. The highest BCUT2D eigenvalue weighted by Crippen LogP contribution is 2.22. The number of hydrogen-bond acceptors (Lipinski definition) is 3. The third-order valence-corrected chi connectivity index (χ3v) is 3.47. The average Bonchev–Trinajstić information content (AvgIpc) is 2.46. The van der Waals surface area contributed by atoms with Crippen molar-refractivity contribution in [3.63, 3.8) is 0 Å². The fraction of sp³-hybridized carbons (Fsp3) is 0.200. The van der Waals surface area contributed by atoms with E-state index >= 15 is 0 Å². The highest BCUT2D eigenvalue weighted by Gasteiger charge is 2.10. The Morgan fingerprint density at radius 2 is 2.10 bits per heavy atom. The molecule has 2 rings (SSSR count). The molecule has 0 aliphatic carbocycles. The van der Waals surface area contributed by atoms with Crippen LogP contribution in [0.3, 0.4) is 0 Å². The van der Waals surface area contributed by atoms with Crippen LogP contribution in [0.1, 0.15) is 5.56 Å². The molecule has 0 atom stereocenters. The van der Waals surface area contributed by atoms with E-state index < -0.39 is 0 Å². The molecule has 0 aliphatic rings. The molecule has 0 bridgehead atoms. The third-order valence-electron chi connectivity index (χ3n) is 3.06. The maximum absolute atomic E-state index is 12.0. The number of aromatic nitrogens is 1. The van der Waals surface area contributed by atoms with E-state index in [2.05, 4.69) is 5.32 Å². The lowest BCUT2D eigenvalue weighted by atomic mass is 10.2. The van der Waals surface area contributed by atoms with Crippen molar-refractivity contribution in [1.29, 1.82) is 0 Å². The number of halogens is 1. The number of benzene rings is 1. The van der Waals surface area contributed by atoms with Gasteiger partial charge in [0.25, 0.3) is 5.56 Å². The lowest BCUT2D eigenvalue weighted by Gasteiger charge is -2.11. The van der Waals surface area contributed by atoms with Gasteiger partial charge in [0.1, 0.15) is 6.54 Å². The fourth-order valence-corrected chi connectivity index (χ4v) is 2.06. The molecule has 6 heteroatoms. The first-order chi connectivity index (χ1) is 10.0. The maximum atomic E-state index is 12.0. The van der Waals surface area contributed by atoms with E-state index in [1.807, 2.05) is 6.92 Å². The number of hydrogen-bond donors (Lipinski definition) is 1. The quantitative estimate of drug-likeness (QED) is 0.944. The number of carbonyl (C=O) groups excluding carboxylic acids is 1. The minimum absolute atomic E-state index is 0.0953. The molecular formula is C15H15ClN2O3. The first-order valence-corrected chi connectivity index (χ1v) is 6.69. The zero-order valence-electron chi connectivity index (χ0n) is 11.7. The standard InChI is InChI=1S/C15H15ClN2O3/c1-10-11(16)5-3-6-12(10)17-14(19)9-18-8-4-7-13(21-2)15(18)20/h3-8H,9H2,1-2H3,(H,17,19). The van der Waals surface area contributed by atoms with Gasteiger partial charge in [0.2, 0.25) is 5.91 Å². The molecule has 0 radical (unpaired) electrons. The number of pyridine rings is 1. The molecule has 0 saturated carbocycles. The second-order valence-electron chi connectivity index (χ2n) is 4.47. The Hall–Kier alpha value is -2.27. The summed E-state index contributed by atoms with van der Waals surface area (Å²) in [5.41, 5.74) is 1.06. The van der Waals surface area contributed by atoms with Gasteiger partial charge >= 0.3 is 0 Å². The van der Waals surface area contributed by atoms with Gasteiger partial charge in [0.15, 0.2) is 5.75 Å². The summed E-state index contributed by atoms with van der Waals surface area (Å²) in [6.07, 6.45) is 1.54. The van der Waals surface area contributed by atoms with E-state index in [1.165, 1.54) is 17.9 Å². The zero-order valence-corrected chi connectivity index (χ0v) is 12.5. The molecule has 1 aromatic heterocycles. The van der Waals surface area contributed by atoms with E-state index in [0.29, 0.717) is 10.7 Å². The summed E-state index contributed by atoms with van der Waals surface area (Å²) < 4.78 is 6.22. The smallest absolute Gasteiger partial charge is 0.293 e. The molecule has 1 N–H and O–H groups in total. The topological polar surface area (TPSA) is 60.3 Å². The molecule has 110 valence electrons. The van der Waals surface area contributed by atoms with Gasteiger partial charge in [-0.1, -0.05) is 17.7 Å². The van der Waals surface area contributed by atoms with Crippen LogP contribution < -0.4 is 15.6 Å². The molecule has 1 aromatic carbocycles. The summed E-state index contributed by atoms with van der Waals surface area (Å²) >= 11 is 6.00. The first-order valence-electron chi connectivity index (χ1n) is 6.31. The Morgan fingerprint density at radius 3 is 2.81 bits per heavy atom. The highest BCUT2D eigenvalue weighted by atomic mass is 35.5. The molecule has 0 saturated heterocycles. The molecule has 0 aliphatic heterocycles. The molecule has 5 nitrogen and oxygen atoms in total. The van der Waals surface area contributed by atoms with E-state index in [9.17, 15) is 9.59 Å². The van der Waals surface area contributed by atoms with Crippen LogP contribution >= 0.6 is 11.6 Å². The maximum Gasteiger partial charge on any atom is 0.293 e. The van der Waals surface area contributed by atoms with Gasteiger partial charge in [-0.2, -0.15) is 0 Å². The SMILES string of the molecule is COc1cccn(CC(=O)Nc2cccc(Cl)c2C)c1=O. The largest absolute Gasteiger partial charge is 0.491 e. The van der Waals surface area contributed by atoms with Crippen molar-refractivity contribution in [3.8, 4) is 5.75 Å². The van der Waals surface area contributed by atoms with Crippen LogP contribution in [0.2, 0.25) is 5.02 Å². The number of amides is 1. The van der Waals surface area contributed by atoms with Crippen LogP contribution in [0.25, 0.3) is 0 Å². The van der Waals surface area contributed by atoms with Gasteiger partial charge in [0.05, 0.1) is 7.11 Å². The summed E-state index contributed by atoms with van der Waals surface area (Å²) in [4.78, 5) is 24.0. The lowest BCUT2D eigenvalue weighted by Crippen LogP contribution is -2.27. The molecule has 1 amide bonds. The van der Waals surface area contributed by atoms with Gasteiger partial charge in [0, 0.05) is 16.9 Å². The normalized spacial score (nSPS) is 10.2. The molecule has 21 heavy (non-hydrogen) atoms. The highest BCUT2D eigenvalue weighted by molar-refractivity contribution is 6.31. The summed E-state index contributed by atoms with van der Waals surface area (Å²) in [7, 11) is 1.41. The summed E-state index contributed by atoms with van der Waals surface area (Å²) in [5.74, 6) is -0.111. The Balaban J connectivity index is 2.16. The van der Waals surface area contributed by atoms with Crippen molar-refractivity contribution < 1.29 is 9.53 Å². The van der Waals surface area contributed by atoms with E-state index in [1.54, 1.807) is 30.3 Å². The predicted octanol–water partition coefficient (Wildman–Crippen LogP) is 2.46. The van der Waals surface area contributed by atoms with Gasteiger partial charge in [-0.05, 0) is 36.8 Å². The third kappa shape index (κ3) is 3.44. The van der Waals surface area contributed by atoms with Gasteiger partial charge < -0.3 is 14.6 Å². The van der Waals surface area contributed by atoms with E-state index in [4.69, 9.17) is 16.3 Å². The average molecular weight is 307 g/mol. The molecule has 0 fully saturated rings. The predicted molar refractivity (Wildman–Crippen MR) is 82.1 cm³/mol. The Labute approximate surface area is 127 Å². The number of methoxy groups -OCH3 is 1. The Bertz CT molecular complexity index is 725. The fourth-order valence-electron chi connectivity index (χ4n) is 1.88. The monoisotopic (exact) mass is 306 g/mol. The number of nitrogens with one attached hydrogen (secondary N) is 1. The van der Waals surface area contributed by atoms with Crippen molar-refractivity contribution in [2.24, 2.45) is 0 Å². The van der Waals surface area contributed by atoms with Crippen LogP contribution in [-0.2, 0) is 11.3 Å². The van der Waals surface area contributed by atoms with Crippen molar-refractivity contribution in [3.05, 3.63) is 57.5 Å². The minimum atomic E-state index is -0.349. The summed E-state index contributed by atoms with van der Waals surface area (Å²) in [5, 5.41) is 3.32. The Kier molecular flexibility index (Phi) is 4.65. The van der Waals surface area contributed by atoms with Gasteiger partial charge in [-0.15, -0.1) is 0 Å². The van der Waals surface area contributed by atoms with E-state index in [-0.39, 0.29) is 23.8 Å². The molecule has 2 aromatic rings. The zero-order chi connectivity index (χ0) is 15.4. The molecule has 0 unspecified atom stereocenters. The van der Waals surface area contributed by atoms with E-state index in [0.717, 1.165) is 5.56 Å². The summed E-state index contributed by atoms with van der Waals surface area (Å²) in [6.45, 7) is 1.72. The van der Waals surface area contributed by atoms with Gasteiger partial charge in [-0.25, -0.2) is 0 Å². The number of carbonyl (C=O) groups is 1. The van der Waals surface area contributed by atoms with Gasteiger partial charge in [-0.3, -0.25) is 9.59 Å². The lowest BCUT2D eigenvalue weighted by molar-refractivity contribution is -0.116.